The molecule has 4 nitrogen and oxygen atoms in total. The SMILES string of the molecule is CC(C)C(O)C(C)(C)CNS(=O)(=O)c1ccccc1Cl. The fraction of sp³-hybridized carbons (Fsp3) is 0.571. The maximum Gasteiger partial charge on any atom is 0.242 e. The van der Waals surface area contributed by atoms with Crippen molar-refractivity contribution >= 4 is 21.6 Å². The Morgan fingerprint density at radius 1 is 1.30 bits per heavy atom. The molecule has 0 saturated carbocycles. The molecule has 114 valence electrons. The van der Waals surface area contributed by atoms with Crippen LogP contribution in [0.25, 0.3) is 0 Å². The van der Waals surface area contributed by atoms with E-state index >= 15 is 0 Å². The first-order chi connectivity index (χ1) is 9.08. The molecule has 0 spiro atoms. The summed E-state index contributed by atoms with van der Waals surface area (Å²) in [6.07, 6.45) is -0.601. The number of rotatable bonds is 6. The highest BCUT2D eigenvalue weighted by atomic mass is 35.5. The normalized spacial score (nSPS) is 14.6. The van der Waals surface area contributed by atoms with E-state index in [4.69, 9.17) is 11.6 Å². The molecule has 20 heavy (non-hydrogen) atoms. The lowest BCUT2D eigenvalue weighted by molar-refractivity contribution is 0.0166. The molecule has 1 aromatic carbocycles. The van der Waals surface area contributed by atoms with Crippen LogP contribution in [0.2, 0.25) is 5.02 Å². The number of aliphatic hydroxyl groups is 1. The second kappa shape index (κ2) is 6.43. The van der Waals surface area contributed by atoms with Crippen LogP contribution in [0.15, 0.2) is 29.2 Å². The van der Waals surface area contributed by atoms with E-state index in [-0.39, 0.29) is 22.4 Å². The zero-order chi connectivity index (χ0) is 15.6. The Kier molecular flexibility index (Phi) is 5.61. The van der Waals surface area contributed by atoms with Crippen molar-refractivity contribution in [3.8, 4) is 0 Å². The summed E-state index contributed by atoms with van der Waals surface area (Å²) in [6.45, 7) is 7.59. The predicted molar refractivity (Wildman–Crippen MR) is 81.3 cm³/mol. The van der Waals surface area contributed by atoms with Crippen LogP contribution < -0.4 is 4.72 Å². The third-order valence-corrected chi connectivity index (χ3v) is 5.18. The van der Waals surface area contributed by atoms with Gasteiger partial charge in [0.2, 0.25) is 10.0 Å². The maximum absolute atomic E-state index is 12.2. The van der Waals surface area contributed by atoms with Crippen LogP contribution in [0.1, 0.15) is 27.7 Å². The number of halogens is 1. The number of nitrogens with one attached hydrogen (secondary N) is 1. The molecule has 0 aliphatic carbocycles. The van der Waals surface area contributed by atoms with Crippen LogP contribution >= 0.6 is 11.6 Å². The largest absolute Gasteiger partial charge is 0.392 e. The maximum atomic E-state index is 12.2. The fourth-order valence-corrected chi connectivity index (χ4v) is 3.77. The highest BCUT2D eigenvalue weighted by molar-refractivity contribution is 7.89. The first-order valence-corrected chi connectivity index (χ1v) is 8.36. The monoisotopic (exact) mass is 319 g/mol. The van der Waals surface area contributed by atoms with Crippen molar-refractivity contribution in [3.63, 3.8) is 0 Å². The molecule has 0 aliphatic heterocycles. The van der Waals surface area contributed by atoms with Gasteiger partial charge in [0.05, 0.1) is 11.1 Å². The highest BCUT2D eigenvalue weighted by Crippen LogP contribution is 2.26. The number of benzene rings is 1. The smallest absolute Gasteiger partial charge is 0.242 e. The van der Waals surface area contributed by atoms with Crippen molar-refractivity contribution in [2.45, 2.75) is 38.7 Å². The zero-order valence-corrected chi connectivity index (χ0v) is 13.8. The second-order valence-electron chi connectivity index (χ2n) is 5.93. The molecule has 0 heterocycles. The molecule has 0 radical (unpaired) electrons. The van der Waals surface area contributed by atoms with Crippen molar-refractivity contribution in [2.24, 2.45) is 11.3 Å². The van der Waals surface area contributed by atoms with Crippen LogP contribution in [0, 0.1) is 11.3 Å². The summed E-state index contributed by atoms with van der Waals surface area (Å²) in [7, 11) is -3.68. The Balaban J connectivity index is 2.87. The van der Waals surface area contributed by atoms with E-state index in [1.54, 1.807) is 12.1 Å². The van der Waals surface area contributed by atoms with E-state index in [9.17, 15) is 13.5 Å². The molecule has 0 saturated heterocycles. The summed E-state index contributed by atoms with van der Waals surface area (Å²) in [5.74, 6) is 0.0508. The fourth-order valence-electron chi connectivity index (χ4n) is 2.03. The standard InChI is InChI=1S/C14H22ClNO3S/c1-10(2)13(17)14(3,4)9-16-20(18,19)12-8-6-5-7-11(12)15/h5-8,10,13,16-17H,9H2,1-4H3. The Labute approximate surface area is 126 Å². The van der Waals surface area contributed by atoms with Gasteiger partial charge in [-0.1, -0.05) is 51.4 Å². The van der Waals surface area contributed by atoms with E-state index in [1.165, 1.54) is 12.1 Å². The zero-order valence-electron chi connectivity index (χ0n) is 12.2. The van der Waals surface area contributed by atoms with Crippen LogP contribution in [-0.2, 0) is 10.0 Å². The molecule has 0 amide bonds. The lowest BCUT2D eigenvalue weighted by Gasteiger charge is -2.33. The Hall–Kier alpha value is -0.620. The number of aliphatic hydroxyl groups excluding tert-OH is 1. The summed E-state index contributed by atoms with van der Waals surface area (Å²) in [6, 6.07) is 6.28. The molecule has 1 atom stereocenters. The van der Waals surface area contributed by atoms with Gasteiger partial charge in [0.15, 0.2) is 0 Å². The van der Waals surface area contributed by atoms with Gasteiger partial charge in [0, 0.05) is 12.0 Å². The summed E-state index contributed by atoms with van der Waals surface area (Å²) < 4.78 is 26.9. The Morgan fingerprint density at radius 3 is 2.35 bits per heavy atom. The van der Waals surface area contributed by atoms with E-state index in [2.05, 4.69) is 4.72 Å². The molecule has 1 unspecified atom stereocenters. The molecule has 0 fully saturated rings. The summed E-state index contributed by atoms with van der Waals surface area (Å²) >= 11 is 5.90. The van der Waals surface area contributed by atoms with Gasteiger partial charge >= 0.3 is 0 Å². The summed E-state index contributed by atoms with van der Waals surface area (Å²) in [4.78, 5) is 0.0523. The average molecular weight is 320 g/mol. The van der Waals surface area contributed by atoms with Crippen LogP contribution in [0.3, 0.4) is 0 Å². The summed E-state index contributed by atoms with van der Waals surface area (Å²) in [5, 5.41) is 10.3. The van der Waals surface area contributed by atoms with Gasteiger partial charge in [-0.15, -0.1) is 0 Å². The van der Waals surface area contributed by atoms with Crippen LogP contribution in [0.5, 0.6) is 0 Å². The third-order valence-electron chi connectivity index (χ3n) is 3.28. The molecular weight excluding hydrogens is 298 g/mol. The molecule has 0 bridgehead atoms. The Bertz CT molecular complexity index is 555. The number of sulfonamides is 1. The molecule has 1 aromatic rings. The van der Waals surface area contributed by atoms with Gasteiger partial charge in [-0.2, -0.15) is 0 Å². The number of hydrogen-bond donors (Lipinski definition) is 2. The van der Waals surface area contributed by atoms with E-state index < -0.39 is 21.5 Å². The van der Waals surface area contributed by atoms with Gasteiger partial charge in [0.1, 0.15) is 4.90 Å². The first kappa shape index (κ1) is 17.4. The minimum atomic E-state index is -3.68. The van der Waals surface area contributed by atoms with Crippen LogP contribution in [0.4, 0.5) is 0 Å². The van der Waals surface area contributed by atoms with Gasteiger partial charge in [-0.3, -0.25) is 0 Å². The van der Waals surface area contributed by atoms with Crippen molar-refractivity contribution in [3.05, 3.63) is 29.3 Å². The Morgan fingerprint density at radius 2 is 1.85 bits per heavy atom. The van der Waals surface area contributed by atoms with Gasteiger partial charge < -0.3 is 5.11 Å². The third kappa shape index (κ3) is 4.19. The predicted octanol–water partition coefficient (Wildman–Crippen LogP) is 2.66. The molecule has 0 aliphatic rings. The second-order valence-corrected chi connectivity index (χ2v) is 8.07. The van der Waals surface area contributed by atoms with Crippen molar-refractivity contribution in [1.82, 2.24) is 4.72 Å². The highest BCUT2D eigenvalue weighted by Gasteiger charge is 2.32. The van der Waals surface area contributed by atoms with Crippen molar-refractivity contribution in [2.75, 3.05) is 6.54 Å². The molecule has 0 aromatic heterocycles. The van der Waals surface area contributed by atoms with Crippen molar-refractivity contribution < 1.29 is 13.5 Å². The quantitative estimate of drug-likeness (QED) is 0.847. The molecule has 1 rings (SSSR count). The lowest BCUT2D eigenvalue weighted by atomic mass is 9.81. The van der Waals surface area contributed by atoms with E-state index in [1.807, 2.05) is 27.7 Å². The van der Waals surface area contributed by atoms with Gasteiger partial charge in [-0.25, -0.2) is 13.1 Å². The van der Waals surface area contributed by atoms with Crippen molar-refractivity contribution in [1.29, 1.82) is 0 Å². The summed E-state index contributed by atoms with van der Waals surface area (Å²) in [5.41, 5.74) is -0.567. The lowest BCUT2D eigenvalue weighted by Crippen LogP contribution is -2.43. The molecule has 6 heteroatoms. The minimum absolute atomic E-state index is 0.0508. The first-order valence-electron chi connectivity index (χ1n) is 6.50. The van der Waals surface area contributed by atoms with Gasteiger partial charge in [-0.05, 0) is 18.1 Å². The molecule has 2 N–H and O–H groups in total. The average Bonchev–Trinajstić information content (AvgIpc) is 2.36. The van der Waals surface area contributed by atoms with E-state index in [0.717, 1.165) is 0 Å². The van der Waals surface area contributed by atoms with E-state index in [0.29, 0.717) is 0 Å². The van der Waals surface area contributed by atoms with Crippen LogP contribution in [-0.4, -0.2) is 26.2 Å². The minimum Gasteiger partial charge on any atom is -0.392 e. The molecular formula is C14H22ClNO3S. The van der Waals surface area contributed by atoms with Gasteiger partial charge in [0.25, 0.3) is 0 Å². The topological polar surface area (TPSA) is 66.4 Å². The number of hydrogen-bond acceptors (Lipinski definition) is 3.